The molecule has 0 bridgehead atoms. The second-order valence-corrected chi connectivity index (χ2v) is 5.53. The Balaban J connectivity index is 2.53. The molecular formula is C14H23NOS. The van der Waals surface area contributed by atoms with Gasteiger partial charge in [-0.3, -0.25) is 0 Å². The van der Waals surface area contributed by atoms with E-state index in [-0.39, 0.29) is 6.10 Å². The molecule has 0 aliphatic heterocycles. The molecule has 3 unspecified atom stereocenters. The van der Waals surface area contributed by atoms with Crippen molar-refractivity contribution in [1.29, 1.82) is 0 Å². The summed E-state index contributed by atoms with van der Waals surface area (Å²) in [6, 6.07) is 9.27. The predicted molar refractivity (Wildman–Crippen MR) is 75.5 cm³/mol. The molecular weight excluding hydrogens is 230 g/mol. The van der Waals surface area contributed by atoms with Gasteiger partial charge in [-0.05, 0) is 51.1 Å². The van der Waals surface area contributed by atoms with Crippen LogP contribution in [-0.4, -0.2) is 23.5 Å². The summed E-state index contributed by atoms with van der Waals surface area (Å²) in [4.78, 5) is 1.29. The summed E-state index contributed by atoms with van der Waals surface area (Å²) in [5.41, 5.74) is 1.29. The van der Waals surface area contributed by atoms with E-state index >= 15 is 0 Å². The lowest BCUT2D eigenvalue weighted by molar-refractivity contribution is 0.168. The maximum absolute atomic E-state index is 9.33. The van der Waals surface area contributed by atoms with Crippen LogP contribution in [0.15, 0.2) is 29.2 Å². The highest BCUT2D eigenvalue weighted by atomic mass is 32.2. The summed E-state index contributed by atoms with van der Waals surface area (Å²) in [6.07, 6.45) is 2.62. The zero-order valence-corrected chi connectivity index (χ0v) is 11.9. The lowest BCUT2D eigenvalue weighted by Gasteiger charge is -2.21. The fourth-order valence-electron chi connectivity index (χ4n) is 2.00. The molecule has 3 atom stereocenters. The Kier molecular flexibility index (Phi) is 6.03. The SMILES string of the molecule is CSc1ccc(C(C)NC(C)CC(C)O)cc1. The van der Waals surface area contributed by atoms with Gasteiger partial charge >= 0.3 is 0 Å². The number of aliphatic hydroxyl groups is 1. The van der Waals surface area contributed by atoms with Gasteiger partial charge in [-0.15, -0.1) is 11.8 Å². The Morgan fingerprint density at radius 3 is 2.24 bits per heavy atom. The van der Waals surface area contributed by atoms with Gasteiger partial charge in [-0.25, -0.2) is 0 Å². The lowest BCUT2D eigenvalue weighted by atomic mass is 10.1. The third kappa shape index (κ3) is 5.11. The van der Waals surface area contributed by atoms with E-state index in [0.717, 1.165) is 6.42 Å². The van der Waals surface area contributed by atoms with Gasteiger partial charge in [0.2, 0.25) is 0 Å². The minimum Gasteiger partial charge on any atom is -0.393 e. The fourth-order valence-corrected chi connectivity index (χ4v) is 2.40. The maximum Gasteiger partial charge on any atom is 0.0526 e. The molecule has 0 aliphatic carbocycles. The zero-order chi connectivity index (χ0) is 12.8. The van der Waals surface area contributed by atoms with Crippen LogP contribution in [0.4, 0.5) is 0 Å². The first-order valence-electron chi connectivity index (χ1n) is 6.11. The Bertz CT molecular complexity index is 323. The third-order valence-corrected chi connectivity index (χ3v) is 3.59. The van der Waals surface area contributed by atoms with E-state index in [0.29, 0.717) is 12.1 Å². The van der Waals surface area contributed by atoms with Gasteiger partial charge in [0, 0.05) is 17.0 Å². The molecule has 0 aromatic heterocycles. The number of benzene rings is 1. The molecule has 0 heterocycles. The largest absolute Gasteiger partial charge is 0.393 e. The van der Waals surface area contributed by atoms with E-state index in [2.05, 4.69) is 49.7 Å². The number of nitrogens with one attached hydrogen (secondary N) is 1. The van der Waals surface area contributed by atoms with Crippen LogP contribution in [0, 0.1) is 0 Å². The topological polar surface area (TPSA) is 32.3 Å². The van der Waals surface area contributed by atoms with Crippen LogP contribution in [0.25, 0.3) is 0 Å². The van der Waals surface area contributed by atoms with Crippen molar-refractivity contribution in [1.82, 2.24) is 5.32 Å². The highest BCUT2D eigenvalue weighted by Crippen LogP contribution is 2.19. The van der Waals surface area contributed by atoms with Gasteiger partial charge in [-0.2, -0.15) is 0 Å². The summed E-state index contributed by atoms with van der Waals surface area (Å²) in [6.45, 7) is 6.10. The van der Waals surface area contributed by atoms with E-state index < -0.39 is 0 Å². The standard InChI is InChI=1S/C14H23NOS/c1-10(9-11(2)16)15-12(3)13-5-7-14(17-4)8-6-13/h5-8,10-12,15-16H,9H2,1-4H3. The molecule has 1 aromatic carbocycles. The van der Waals surface area contributed by atoms with Crippen molar-refractivity contribution >= 4 is 11.8 Å². The molecule has 3 heteroatoms. The number of hydrogen-bond acceptors (Lipinski definition) is 3. The van der Waals surface area contributed by atoms with Gasteiger partial charge < -0.3 is 10.4 Å². The highest BCUT2D eigenvalue weighted by molar-refractivity contribution is 7.98. The van der Waals surface area contributed by atoms with Crippen molar-refractivity contribution in [2.24, 2.45) is 0 Å². The molecule has 96 valence electrons. The summed E-state index contributed by atoms with van der Waals surface area (Å²) >= 11 is 1.76. The van der Waals surface area contributed by atoms with Crippen LogP contribution < -0.4 is 5.32 Å². The second-order valence-electron chi connectivity index (χ2n) is 4.65. The Morgan fingerprint density at radius 2 is 1.76 bits per heavy atom. The van der Waals surface area contributed by atoms with E-state index in [9.17, 15) is 5.11 Å². The minimum absolute atomic E-state index is 0.247. The molecule has 2 N–H and O–H groups in total. The van der Waals surface area contributed by atoms with Crippen molar-refractivity contribution in [3.8, 4) is 0 Å². The van der Waals surface area contributed by atoms with Crippen LogP contribution in [0.2, 0.25) is 0 Å². The molecule has 0 amide bonds. The molecule has 0 aliphatic rings. The van der Waals surface area contributed by atoms with Gasteiger partial charge in [0.15, 0.2) is 0 Å². The van der Waals surface area contributed by atoms with E-state index in [1.54, 1.807) is 11.8 Å². The van der Waals surface area contributed by atoms with Crippen molar-refractivity contribution in [2.75, 3.05) is 6.26 Å². The van der Waals surface area contributed by atoms with Crippen LogP contribution in [0.1, 0.15) is 38.8 Å². The van der Waals surface area contributed by atoms with Gasteiger partial charge in [-0.1, -0.05) is 12.1 Å². The molecule has 2 nitrogen and oxygen atoms in total. The lowest BCUT2D eigenvalue weighted by Crippen LogP contribution is -2.31. The first kappa shape index (κ1) is 14.6. The first-order valence-corrected chi connectivity index (χ1v) is 7.33. The van der Waals surface area contributed by atoms with E-state index in [1.165, 1.54) is 10.5 Å². The van der Waals surface area contributed by atoms with Crippen molar-refractivity contribution in [2.45, 2.75) is 50.3 Å². The number of thioether (sulfide) groups is 1. The van der Waals surface area contributed by atoms with Crippen LogP contribution in [-0.2, 0) is 0 Å². The minimum atomic E-state index is -0.247. The fraction of sp³-hybridized carbons (Fsp3) is 0.571. The smallest absolute Gasteiger partial charge is 0.0526 e. The molecule has 0 saturated heterocycles. The normalized spacial score (nSPS) is 16.5. The number of rotatable bonds is 6. The molecule has 17 heavy (non-hydrogen) atoms. The number of hydrogen-bond donors (Lipinski definition) is 2. The third-order valence-electron chi connectivity index (χ3n) is 2.84. The van der Waals surface area contributed by atoms with Crippen molar-refractivity contribution in [3.05, 3.63) is 29.8 Å². The van der Waals surface area contributed by atoms with Crippen LogP contribution >= 0.6 is 11.8 Å². The van der Waals surface area contributed by atoms with Crippen molar-refractivity contribution < 1.29 is 5.11 Å². The quantitative estimate of drug-likeness (QED) is 0.764. The second kappa shape index (κ2) is 7.04. The molecule has 1 aromatic rings. The average molecular weight is 253 g/mol. The first-order chi connectivity index (χ1) is 8.02. The van der Waals surface area contributed by atoms with E-state index in [4.69, 9.17) is 0 Å². The summed E-state index contributed by atoms with van der Waals surface area (Å²) in [5, 5.41) is 12.8. The van der Waals surface area contributed by atoms with Crippen LogP contribution in [0.5, 0.6) is 0 Å². The van der Waals surface area contributed by atoms with Gasteiger partial charge in [0.25, 0.3) is 0 Å². The maximum atomic E-state index is 9.33. The zero-order valence-electron chi connectivity index (χ0n) is 11.1. The molecule has 0 radical (unpaired) electrons. The number of aliphatic hydroxyl groups excluding tert-OH is 1. The summed E-state index contributed by atoms with van der Waals surface area (Å²) < 4.78 is 0. The Morgan fingerprint density at radius 1 is 1.18 bits per heavy atom. The van der Waals surface area contributed by atoms with Gasteiger partial charge in [0.1, 0.15) is 0 Å². The molecule has 0 saturated carbocycles. The molecule has 0 fully saturated rings. The monoisotopic (exact) mass is 253 g/mol. The van der Waals surface area contributed by atoms with E-state index in [1.807, 2.05) is 6.92 Å². The average Bonchev–Trinajstić information content (AvgIpc) is 2.28. The van der Waals surface area contributed by atoms with Gasteiger partial charge in [0.05, 0.1) is 6.10 Å². The molecule has 1 rings (SSSR count). The molecule has 0 spiro atoms. The Hall–Kier alpha value is -0.510. The summed E-state index contributed by atoms with van der Waals surface area (Å²) in [5.74, 6) is 0. The van der Waals surface area contributed by atoms with Crippen LogP contribution in [0.3, 0.4) is 0 Å². The summed E-state index contributed by atoms with van der Waals surface area (Å²) in [7, 11) is 0. The Labute approximate surface area is 109 Å². The highest BCUT2D eigenvalue weighted by Gasteiger charge is 2.11. The predicted octanol–water partition coefficient (Wildman–Crippen LogP) is 3.22. The van der Waals surface area contributed by atoms with Crippen molar-refractivity contribution in [3.63, 3.8) is 0 Å².